The van der Waals surface area contributed by atoms with Crippen LogP contribution in [0.1, 0.15) is 36.6 Å². The number of halogens is 1. The van der Waals surface area contributed by atoms with E-state index >= 15 is 0 Å². The van der Waals surface area contributed by atoms with Crippen LogP contribution in [-0.2, 0) is 25.9 Å². The van der Waals surface area contributed by atoms with Gasteiger partial charge >= 0.3 is 0 Å². The number of rotatable bonds is 7. The van der Waals surface area contributed by atoms with Crippen LogP contribution in [0.3, 0.4) is 0 Å². The van der Waals surface area contributed by atoms with Crippen LogP contribution in [0.4, 0.5) is 0 Å². The van der Waals surface area contributed by atoms with Gasteiger partial charge in [-0.3, -0.25) is 4.99 Å². The molecule has 0 amide bonds. The first-order chi connectivity index (χ1) is 12.7. The molecule has 0 aromatic carbocycles. The standard InChI is InChI=1S/C18H23N5O2S.HI/c1-4-14-13(15(5-2)25-23-14)10-21-18(19-3)20-9-12-11-24-17(22-12)16-7-6-8-26-16;/h6-8,11H,4-5,9-10H2,1-3H3,(H2,19,20,21);1H. The highest BCUT2D eigenvalue weighted by Gasteiger charge is 2.14. The predicted octanol–water partition coefficient (Wildman–Crippen LogP) is 4.00. The molecule has 0 saturated heterocycles. The van der Waals surface area contributed by atoms with Gasteiger partial charge in [0.05, 0.1) is 22.8 Å². The molecule has 2 N–H and O–H groups in total. The number of guanidine groups is 1. The Hall–Kier alpha value is -1.88. The summed E-state index contributed by atoms with van der Waals surface area (Å²) in [6, 6.07) is 3.97. The van der Waals surface area contributed by atoms with E-state index in [2.05, 4.69) is 39.6 Å². The fraction of sp³-hybridized carbons (Fsp3) is 0.389. The lowest BCUT2D eigenvalue weighted by molar-refractivity contribution is 0.380. The van der Waals surface area contributed by atoms with Gasteiger partial charge in [0.25, 0.3) is 0 Å². The molecule has 0 radical (unpaired) electrons. The number of hydrogen-bond acceptors (Lipinski definition) is 6. The van der Waals surface area contributed by atoms with Crippen molar-refractivity contribution in [3.63, 3.8) is 0 Å². The summed E-state index contributed by atoms with van der Waals surface area (Å²) in [5.41, 5.74) is 2.92. The molecular formula is C18H24IN5O2S. The summed E-state index contributed by atoms with van der Waals surface area (Å²) in [5, 5.41) is 12.7. The maximum Gasteiger partial charge on any atom is 0.236 e. The summed E-state index contributed by atoms with van der Waals surface area (Å²) >= 11 is 1.60. The second kappa shape index (κ2) is 10.5. The third kappa shape index (κ3) is 5.32. The van der Waals surface area contributed by atoms with Gasteiger partial charge < -0.3 is 19.6 Å². The zero-order valence-corrected chi connectivity index (χ0v) is 18.8. The normalized spacial score (nSPS) is 11.3. The molecule has 0 aliphatic rings. The topological polar surface area (TPSA) is 88.5 Å². The first-order valence-corrected chi connectivity index (χ1v) is 9.52. The average Bonchev–Trinajstić information content (AvgIpc) is 3.41. The number of aryl methyl sites for hydroxylation is 2. The Kier molecular flexibility index (Phi) is 8.29. The van der Waals surface area contributed by atoms with E-state index in [9.17, 15) is 0 Å². The fourth-order valence-corrected chi connectivity index (χ4v) is 3.26. The Morgan fingerprint density at radius 2 is 2.04 bits per heavy atom. The number of aliphatic imine (C=N–C) groups is 1. The lowest BCUT2D eigenvalue weighted by atomic mass is 10.1. The SMILES string of the molecule is CCc1noc(CC)c1CNC(=NC)NCc1coc(-c2cccs2)n1.I. The molecule has 0 atom stereocenters. The molecule has 9 heteroatoms. The van der Waals surface area contributed by atoms with E-state index in [0.717, 1.165) is 40.4 Å². The van der Waals surface area contributed by atoms with Crippen LogP contribution in [0.2, 0.25) is 0 Å². The molecular weight excluding hydrogens is 477 g/mol. The van der Waals surface area contributed by atoms with Crippen molar-refractivity contribution in [1.82, 2.24) is 20.8 Å². The highest BCUT2D eigenvalue weighted by molar-refractivity contribution is 14.0. The molecule has 0 spiro atoms. The quantitative estimate of drug-likeness (QED) is 0.289. The third-order valence-electron chi connectivity index (χ3n) is 3.98. The Labute approximate surface area is 179 Å². The maximum atomic E-state index is 5.53. The van der Waals surface area contributed by atoms with E-state index in [1.807, 2.05) is 17.5 Å². The van der Waals surface area contributed by atoms with Gasteiger partial charge in [0.15, 0.2) is 5.96 Å². The molecule has 3 aromatic rings. The molecule has 0 fully saturated rings. The van der Waals surface area contributed by atoms with Gasteiger partial charge in [-0.1, -0.05) is 25.1 Å². The fourth-order valence-electron chi connectivity index (χ4n) is 2.61. The molecule has 27 heavy (non-hydrogen) atoms. The molecule has 146 valence electrons. The largest absolute Gasteiger partial charge is 0.443 e. The first kappa shape index (κ1) is 21.4. The summed E-state index contributed by atoms with van der Waals surface area (Å²) in [4.78, 5) is 9.77. The maximum absolute atomic E-state index is 5.53. The van der Waals surface area contributed by atoms with Gasteiger partial charge in [-0.2, -0.15) is 0 Å². The van der Waals surface area contributed by atoms with Crippen LogP contribution in [0.25, 0.3) is 10.8 Å². The van der Waals surface area contributed by atoms with E-state index in [0.29, 0.717) is 24.9 Å². The summed E-state index contributed by atoms with van der Waals surface area (Å²) in [5.74, 6) is 2.25. The van der Waals surface area contributed by atoms with Crippen LogP contribution in [0.15, 0.2) is 37.7 Å². The van der Waals surface area contributed by atoms with Crippen molar-refractivity contribution < 1.29 is 8.94 Å². The Balaban J connectivity index is 0.00000261. The van der Waals surface area contributed by atoms with Crippen molar-refractivity contribution in [2.45, 2.75) is 39.8 Å². The van der Waals surface area contributed by atoms with Crippen LogP contribution in [0, 0.1) is 0 Å². The molecule has 0 saturated carbocycles. The van der Waals surface area contributed by atoms with Crippen LogP contribution in [0.5, 0.6) is 0 Å². The number of nitrogens with zero attached hydrogens (tertiary/aromatic N) is 3. The van der Waals surface area contributed by atoms with E-state index in [4.69, 9.17) is 8.94 Å². The van der Waals surface area contributed by atoms with E-state index in [-0.39, 0.29) is 24.0 Å². The molecule has 7 nitrogen and oxygen atoms in total. The molecule has 3 rings (SSSR count). The highest BCUT2D eigenvalue weighted by Crippen LogP contribution is 2.23. The highest BCUT2D eigenvalue weighted by atomic mass is 127. The van der Waals surface area contributed by atoms with Crippen molar-refractivity contribution in [1.29, 1.82) is 0 Å². The van der Waals surface area contributed by atoms with Crippen molar-refractivity contribution in [3.8, 4) is 10.8 Å². The minimum Gasteiger partial charge on any atom is -0.443 e. The number of hydrogen-bond donors (Lipinski definition) is 2. The number of aromatic nitrogens is 2. The van der Waals surface area contributed by atoms with E-state index < -0.39 is 0 Å². The molecule has 0 aliphatic heterocycles. The van der Waals surface area contributed by atoms with E-state index in [1.54, 1.807) is 24.6 Å². The van der Waals surface area contributed by atoms with Crippen LogP contribution >= 0.6 is 35.3 Å². The average molecular weight is 501 g/mol. The summed E-state index contributed by atoms with van der Waals surface area (Å²) in [6.45, 7) is 5.28. The van der Waals surface area contributed by atoms with Crippen molar-refractivity contribution in [2.24, 2.45) is 4.99 Å². The van der Waals surface area contributed by atoms with Gasteiger partial charge in [0.2, 0.25) is 5.89 Å². The number of oxazole rings is 1. The van der Waals surface area contributed by atoms with Crippen molar-refractivity contribution in [2.75, 3.05) is 7.05 Å². The Morgan fingerprint density at radius 1 is 1.22 bits per heavy atom. The van der Waals surface area contributed by atoms with Gasteiger partial charge in [0.1, 0.15) is 12.0 Å². The number of nitrogens with one attached hydrogen (secondary N) is 2. The Morgan fingerprint density at radius 3 is 2.70 bits per heavy atom. The molecule has 3 aromatic heterocycles. The zero-order chi connectivity index (χ0) is 18.4. The first-order valence-electron chi connectivity index (χ1n) is 8.64. The minimum absolute atomic E-state index is 0. The lowest BCUT2D eigenvalue weighted by Gasteiger charge is -2.11. The number of thiophene rings is 1. The second-order valence-corrected chi connectivity index (χ2v) is 6.59. The van der Waals surface area contributed by atoms with Crippen LogP contribution in [-0.4, -0.2) is 23.1 Å². The van der Waals surface area contributed by atoms with Gasteiger partial charge in [-0.15, -0.1) is 35.3 Å². The van der Waals surface area contributed by atoms with Crippen LogP contribution < -0.4 is 10.6 Å². The third-order valence-corrected chi connectivity index (χ3v) is 4.84. The minimum atomic E-state index is 0. The van der Waals surface area contributed by atoms with Gasteiger partial charge in [-0.05, 0) is 17.9 Å². The van der Waals surface area contributed by atoms with Gasteiger partial charge in [-0.25, -0.2) is 4.98 Å². The van der Waals surface area contributed by atoms with E-state index in [1.165, 1.54) is 0 Å². The molecule has 0 bridgehead atoms. The zero-order valence-electron chi connectivity index (χ0n) is 15.6. The predicted molar refractivity (Wildman–Crippen MR) is 118 cm³/mol. The molecule has 3 heterocycles. The van der Waals surface area contributed by atoms with Crippen molar-refractivity contribution in [3.05, 3.63) is 46.5 Å². The van der Waals surface area contributed by atoms with Crippen molar-refractivity contribution >= 4 is 41.3 Å². The molecule has 0 unspecified atom stereocenters. The summed E-state index contributed by atoms with van der Waals surface area (Å²) in [7, 11) is 1.74. The Bertz CT molecular complexity index is 836. The van der Waals surface area contributed by atoms with Gasteiger partial charge in [0, 0.05) is 25.6 Å². The monoisotopic (exact) mass is 501 g/mol. The smallest absolute Gasteiger partial charge is 0.236 e. The summed E-state index contributed by atoms with van der Waals surface area (Å²) in [6.07, 6.45) is 3.33. The molecule has 0 aliphatic carbocycles. The lowest BCUT2D eigenvalue weighted by Crippen LogP contribution is -2.36. The summed E-state index contributed by atoms with van der Waals surface area (Å²) < 4.78 is 10.9. The second-order valence-electron chi connectivity index (χ2n) is 5.64.